The van der Waals surface area contributed by atoms with Gasteiger partial charge in [-0.25, -0.2) is 9.59 Å². The molecule has 0 saturated carbocycles. The molecule has 0 aliphatic carbocycles. The maximum atomic E-state index is 11.2. The number of benzene rings is 3. The molecule has 1 aliphatic heterocycles. The third kappa shape index (κ3) is 12.2. The van der Waals surface area contributed by atoms with Crippen LogP contribution in [0.2, 0.25) is 0 Å². The molecule has 0 atom stereocenters. The van der Waals surface area contributed by atoms with Crippen molar-refractivity contribution in [3.8, 4) is 17.2 Å². The molecule has 0 fully saturated rings. The monoisotopic (exact) mass is 834 g/mol. The van der Waals surface area contributed by atoms with Crippen LogP contribution in [0.3, 0.4) is 0 Å². The zero-order chi connectivity index (χ0) is 31.2. The molecule has 3 aromatic carbocycles. The first-order chi connectivity index (χ1) is 19.3. The number of carbonyl (C=O) groups is 3. The normalized spacial score (nSPS) is 12.6. The van der Waals surface area contributed by atoms with E-state index in [1.807, 2.05) is 0 Å². The molecule has 0 saturated heterocycles. The highest BCUT2D eigenvalue weighted by molar-refractivity contribution is 15.0. The molecule has 3 aromatic rings. The number of esters is 2. The zero-order valence-corrected chi connectivity index (χ0v) is 27.6. The highest BCUT2D eigenvalue weighted by atomic mass is 128. The first kappa shape index (κ1) is 36.1. The Labute approximate surface area is 260 Å². The number of ether oxygens (including phenoxy) is 2. The van der Waals surface area contributed by atoms with Gasteiger partial charge in [0.25, 0.3) is 0 Å². The van der Waals surface area contributed by atoms with Crippen molar-refractivity contribution < 1.29 is 54.2 Å². The maximum Gasteiger partial charge on any atom is 0.341 e. The lowest BCUT2D eigenvalue weighted by Gasteiger charge is -2.14. The van der Waals surface area contributed by atoms with Crippen LogP contribution in [0.1, 0.15) is 31.1 Å². The molecule has 222 valence electrons. The summed E-state index contributed by atoms with van der Waals surface area (Å²) in [5.74, 6) is -2.12. The summed E-state index contributed by atoms with van der Waals surface area (Å²) < 4.78 is 61.9. The smallest absolute Gasteiger partial charge is 0.341 e. The van der Waals surface area contributed by atoms with Gasteiger partial charge < -0.3 is 22.9 Å². The van der Waals surface area contributed by atoms with Crippen molar-refractivity contribution in [3.05, 3.63) is 89.5 Å². The average Bonchev–Trinajstić information content (AvgIpc) is 2.93. The Kier molecular flexibility index (Phi) is 15.0. The first-order valence-corrected chi connectivity index (χ1v) is 20.6. The largest absolute Gasteiger partial charge is 0.507 e. The molecule has 0 amide bonds. The molecule has 12 nitrogen and oxygen atoms in total. The lowest BCUT2D eigenvalue weighted by molar-refractivity contribution is 0.0588. The van der Waals surface area contributed by atoms with Crippen molar-refractivity contribution in [1.82, 2.24) is 0 Å². The van der Waals surface area contributed by atoms with Gasteiger partial charge in [-0.15, -0.1) is 0 Å². The van der Waals surface area contributed by atoms with E-state index < -0.39 is 43.7 Å². The molecule has 1 heterocycles. The number of hydrogen-bond acceptors (Lipinski definition) is 12. The molecule has 0 bridgehead atoms. The van der Waals surface area contributed by atoms with Gasteiger partial charge in [-0.3, -0.25) is 4.79 Å². The number of phenolic OH excluding ortho intramolecular Hbond substituents is 1. The molecule has 0 spiro atoms. The zero-order valence-electron chi connectivity index (χ0n) is 21.6. The van der Waals surface area contributed by atoms with Gasteiger partial charge in [0.05, 0.1) is 26.0 Å². The molecule has 16 heteroatoms. The number of aromatic hydroxyl groups is 1. The number of carbonyl (C=O) groups excluding carboxylic acids is 3. The summed E-state index contributed by atoms with van der Waals surface area (Å²) in [5, 5.41) is 9.11. The Balaban J connectivity index is 0.000000301. The van der Waals surface area contributed by atoms with E-state index in [2.05, 4.69) is 55.1 Å². The predicted molar refractivity (Wildman–Crippen MR) is 166 cm³/mol. The standard InChI is InChI=1S/C9H10O5S.C8H6O4S.C8H8O3.I2/c1-13-9(10)7-5-3-4-6-8(7)14-15(2,11)12;9-7-5-13(10,11)12-8-4-2-1-3-6(7)8;1-11-8(10)6-4-2-3-5-7(6)9;1-2/h3-6H,1-2H3;1-4H,5H2;2-5,9H,1H3;. The maximum absolute atomic E-state index is 11.2. The topological polar surface area (TPSA) is 177 Å². The van der Waals surface area contributed by atoms with Crippen LogP contribution in [0.4, 0.5) is 0 Å². The van der Waals surface area contributed by atoms with Crippen molar-refractivity contribution in [2.45, 2.75) is 0 Å². The van der Waals surface area contributed by atoms with E-state index >= 15 is 0 Å². The van der Waals surface area contributed by atoms with E-state index in [4.69, 9.17) is 5.11 Å². The second-order valence-electron chi connectivity index (χ2n) is 7.49. The number of hydrogen-bond donors (Lipinski definition) is 1. The van der Waals surface area contributed by atoms with Crippen LogP contribution < -0.4 is 8.37 Å². The second-order valence-corrected chi connectivity index (χ2v) is 10.6. The summed E-state index contributed by atoms with van der Waals surface area (Å²) in [7, 11) is -4.86. The van der Waals surface area contributed by atoms with Crippen LogP contribution >= 0.6 is 37.2 Å². The van der Waals surface area contributed by atoms with Crippen molar-refractivity contribution in [3.63, 3.8) is 0 Å². The fourth-order valence-electron chi connectivity index (χ4n) is 2.91. The Morgan fingerprint density at radius 1 is 0.854 bits per heavy atom. The van der Waals surface area contributed by atoms with Crippen LogP contribution in [0.5, 0.6) is 17.2 Å². The fourth-order valence-corrected chi connectivity index (χ4v) is 4.34. The molecule has 41 heavy (non-hydrogen) atoms. The van der Waals surface area contributed by atoms with Gasteiger partial charge in [-0.1, -0.05) is 36.4 Å². The summed E-state index contributed by atoms with van der Waals surface area (Å²) in [4.78, 5) is 33.3. The summed E-state index contributed by atoms with van der Waals surface area (Å²) in [6.45, 7) is 0. The third-order valence-electron chi connectivity index (χ3n) is 4.55. The van der Waals surface area contributed by atoms with E-state index in [9.17, 15) is 31.2 Å². The number of methoxy groups -OCH3 is 2. The van der Waals surface area contributed by atoms with Crippen molar-refractivity contribution in [2.24, 2.45) is 0 Å². The van der Waals surface area contributed by atoms with Crippen molar-refractivity contribution in [1.29, 1.82) is 0 Å². The van der Waals surface area contributed by atoms with E-state index in [0.717, 1.165) is 6.26 Å². The summed E-state index contributed by atoms with van der Waals surface area (Å²) in [5.41, 5.74) is 0.595. The molecule has 0 radical (unpaired) electrons. The number of ketones is 1. The number of rotatable bonds is 4. The minimum atomic E-state index is -3.69. The summed E-state index contributed by atoms with van der Waals surface area (Å²) in [6.07, 6.45) is 0.904. The minimum Gasteiger partial charge on any atom is -0.507 e. The quantitative estimate of drug-likeness (QED) is 0.224. The first-order valence-electron chi connectivity index (χ1n) is 10.9. The molecule has 1 aliphatic rings. The van der Waals surface area contributed by atoms with Gasteiger partial charge in [0.1, 0.15) is 22.6 Å². The van der Waals surface area contributed by atoms with E-state index in [-0.39, 0.29) is 28.4 Å². The van der Waals surface area contributed by atoms with E-state index in [1.54, 1.807) is 42.5 Å². The number of Topliss-reactive ketones (excluding diaryl/α,β-unsaturated/α-hetero) is 1. The number of para-hydroxylation sites is 3. The highest BCUT2D eigenvalue weighted by Crippen LogP contribution is 2.25. The SMILES string of the molecule is COC(=O)c1ccccc1O.COC(=O)c1ccccc1OS(C)(=O)=O.II.O=C1CS(=O)(=O)Oc2ccccc21. The molecule has 0 unspecified atom stereocenters. The molecule has 0 aromatic heterocycles. The molecular weight excluding hydrogens is 810 g/mol. The number of fused-ring (bicyclic) bond motifs is 1. The Morgan fingerprint density at radius 3 is 1.90 bits per heavy atom. The van der Waals surface area contributed by atoms with Gasteiger partial charge >= 0.3 is 32.2 Å². The summed E-state index contributed by atoms with van der Waals surface area (Å²) >= 11 is 4.24. The van der Waals surface area contributed by atoms with Crippen molar-refractivity contribution >= 4 is 75.2 Å². The second kappa shape index (κ2) is 17.1. The number of phenols is 1. The Hall–Kier alpha value is -2.97. The summed E-state index contributed by atoms with van der Waals surface area (Å²) in [6, 6.07) is 18.5. The van der Waals surface area contributed by atoms with Gasteiger partial charge in [-0.05, 0) is 36.4 Å². The fraction of sp³-hybridized carbons (Fsp3) is 0.160. The van der Waals surface area contributed by atoms with Crippen LogP contribution in [0.25, 0.3) is 0 Å². The van der Waals surface area contributed by atoms with Crippen LogP contribution in [-0.4, -0.2) is 65.9 Å². The predicted octanol–water partition coefficient (Wildman–Crippen LogP) is 4.35. The van der Waals surface area contributed by atoms with Gasteiger partial charge in [0, 0.05) is 37.2 Å². The molecule has 4 rings (SSSR count). The number of halogens is 2. The van der Waals surface area contributed by atoms with Crippen LogP contribution in [0.15, 0.2) is 72.8 Å². The third-order valence-corrected chi connectivity index (χ3v) is 6.09. The van der Waals surface area contributed by atoms with E-state index in [1.165, 1.54) is 44.6 Å². The Morgan fingerprint density at radius 2 is 1.34 bits per heavy atom. The Bertz CT molecular complexity index is 1570. The van der Waals surface area contributed by atoms with Crippen molar-refractivity contribution in [2.75, 3.05) is 26.2 Å². The molecule has 1 N–H and O–H groups in total. The van der Waals surface area contributed by atoms with Gasteiger partial charge in [0.15, 0.2) is 17.3 Å². The van der Waals surface area contributed by atoms with Crippen LogP contribution in [0, 0.1) is 0 Å². The highest BCUT2D eigenvalue weighted by Gasteiger charge is 2.28. The average molecular weight is 834 g/mol. The molecular formula is C25H24I2O12S2. The minimum absolute atomic E-state index is 0.0353. The van der Waals surface area contributed by atoms with Gasteiger partial charge in [0.2, 0.25) is 0 Å². The van der Waals surface area contributed by atoms with Gasteiger partial charge in [-0.2, -0.15) is 16.8 Å². The lowest BCUT2D eigenvalue weighted by atomic mass is 10.1. The van der Waals surface area contributed by atoms with E-state index in [0.29, 0.717) is 5.56 Å². The van der Waals surface area contributed by atoms with Crippen LogP contribution in [-0.2, 0) is 29.7 Å². The lowest BCUT2D eigenvalue weighted by Crippen LogP contribution is -2.26.